The zero-order chi connectivity index (χ0) is 26.6. The summed E-state index contributed by atoms with van der Waals surface area (Å²) >= 11 is 6.12. The first-order chi connectivity index (χ1) is 18.4. The molecule has 0 bridgehead atoms. The second-order valence-corrected chi connectivity index (χ2v) is 10.8. The molecule has 3 fully saturated rings. The number of methoxy groups -OCH3 is 1. The lowest BCUT2D eigenvalue weighted by Crippen LogP contribution is -2.43. The number of nitrogens with one attached hydrogen (secondary N) is 1. The minimum Gasteiger partial charge on any atom is -0.496 e. The van der Waals surface area contributed by atoms with E-state index in [-0.39, 0.29) is 35.7 Å². The Morgan fingerprint density at radius 3 is 2.79 bits per heavy atom. The minimum absolute atomic E-state index is 0.0231. The lowest BCUT2D eigenvalue weighted by atomic mass is 9.74. The minimum atomic E-state index is -0.240. The average Bonchev–Trinajstić information content (AvgIpc) is 3.36. The number of hydrogen-bond donors (Lipinski definition) is 1. The topological polar surface area (TPSA) is 113 Å². The third kappa shape index (κ3) is 4.29. The van der Waals surface area contributed by atoms with Crippen LogP contribution in [0.15, 0.2) is 42.9 Å². The molecule has 3 atom stereocenters. The van der Waals surface area contributed by atoms with E-state index < -0.39 is 0 Å². The van der Waals surface area contributed by atoms with Crippen molar-refractivity contribution in [2.75, 3.05) is 18.6 Å². The molecular weight excluding hydrogens is 504 g/mol. The van der Waals surface area contributed by atoms with Crippen LogP contribution >= 0.6 is 11.6 Å². The smallest absolute Gasteiger partial charge is 0.254 e. The lowest BCUT2D eigenvalue weighted by molar-refractivity contribution is -0.118. The van der Waals surface area contributed by atoms with E-state index in [0.29, 0.717) is 40.2 Å². The fourth-order valence-corrected chi connectivity index (χ4v) is 5.78. The van der Waals surface area contributed by atoms with Gasteiger partial charge in [-0.3, -0.25) is 19.2 Å². The predicted molar refractivity (Wildman–Crippen MR) is 140 cm³/mol. The molecule has 3 heterocycles. The summed E-state index contributed by atoms with van der Waals surface area (Å²) < 4.78 is 7.34. The molecule has 10 heteroatoms. The summed E-state index contributed by atoms with van der Waals surface area (Å²) in [7, 11) is 1.59. The first kappa shape index (κ1) is 24.4. The number of halogens is 1. The van der Waals surface area contributed by atoms with Crippen LogP contribution in [0.1, 0.15) is 65.2 Å². The van der Waals surface area contributed by atoms with Gasteiger partial charge < -0.3 is 10.1 Å². The quantitative estimate of drug-likeness (QED) is 0.492. The molecule has 1 saturated heterocycles. The number of anilines is 1. The standard InChI is InChI=1S/C28H27ClN6O3/c1-15(24-12-31-26(9-25(24)38-2)34-13-18-7-23(18)28(34)37)35-14-19(11-32-35)27(36)33-21-5-17(6-21)22-8-20(29)4-3-16(22)10-30/h3-4,8-9,11-12,14-15,17-18,21,23H,5-7,13H2,1-2H3,(H,33,36)/t15-,17?,18+,21?,23+/m0/s1. The highest BCUT2D eigenvalue weighted by atomic mass is 35.5. The van der Waals surface area contributed by atoms with Crippen molar-refractivity contribution in [1.82, 2.24) is 20.1 Å². The molecular formula is C28H27ClN6O3. The van der Waals surface area contributed by atoms with Crippen molar-refractivity contribution in [1.29, 1.82) is 5.26 Å². The van der Waals surface area contributed by atoms with Crippen molar-refractivity contribution in [3.05, 3.63) is 70.1 Å². The van der Waals surface area contributed by atoms with Crippen molar-refractivity contribution in [3.63, 3.8) is 0 Å². The van der Waals surface area contributed by atoms with Crippen LogP contribution in [-0.4, -0.2) is 46.3 Å². The van der Waals surface area contributed by atoms with Crippen LogP contribution in [0.25, 0.3) is 0 Å². The summed E-state index contributed by atoms with van der Waals surface area (Å²) in [4.78, 5) is 31.7. The largest absolute Gasteiger partial charge is 0.496 e. The van der Waals surface area contributed by atoms with Gasteiger partial charge in [0, 0.05) is 47.6 Å². The van der Waals surface area contributed by atoms with Crippen LogP contribution in [0.4, 0.5) is 5.82 Å². The maximum absolute atomic E-state index is 12.9. The number of piperidine rings is 1. The Kier molecular flexibility index (Phi) is 6.07. The molecule has 0 radical (unpaired) electrons. The molecule has 1 N–H and O–H groups in total. The van der Waals surface area contributed by atoms with Gasteiger partial charge in [0.2, 0.25) is 5.91 Å². The van der Waals surface area contributed by atoms with Crippen LogP contribution in [0.2, 0.25) is 5.02 Å². The Morgan fingerprint density at radius 2 is 2.08 bits per heavy atom. The van der Waals surface area contributed by atoms with Gasteiger partial charge in [-0.05, 0) is 61.8 Å². The van der Waals surface area contributed by atoms with E-state index in [9.17, 15) is 14.9 Å². The molecule has 3 aromatic rings. The second kappa shape index (κ2) is 9.44. The van der Waals surface area contributed by atoms with Crippen LogP contribution < -0.4 is 15.0 Å². The molecule has 194 valence electrons. The first-order valence-electron chi connectivity index (χ1n) is 12.8. The van der Waals surface area contributed by atoms with E-state index in [4.69, 9.17) is 16.3 Å². The third-order valence-electron chi connectivity index (χ3n) is 8.06. The maximum Gasteiger partial charge on any atom is 0.254 e. The van der Waals surface area contributed by atoms with Crippen LogP contribution in [0.5, 0.6) is 5.75 Å². The number of rotatable bonds is 7. The SMILES string of the molecule is COc1cc(N2C[C@H]3C[C@H]3C2=O)ncc1[C@H](C)n1cc(C(=O)NC2CC(c3cc(Cl)ccc3C#N)C2)cn1. The van der Waals surface area contributed by atoms with Crippen molar-refractivity contribution < 1.29 is 14.3 Å². The summed E-state index contributed by atoms with van der Waals surface area (Å²) in [5.41, 5.74) is 2.83. The van der Waals surface area contributed by atoms with Crippen LogP contribution in [-0.2, 0) is 4.79 Å². The molecule has 9 nitrogen and oxygen atoms in total. The molecule has 0 unspecified atom stereocenters. The van der Waals surface area contributed by atoms with E-state index in [2.05, 4.69) is 21.5 Å². The van der Waals surface area contributed by atoms with Crippen molar-refractivity contribution in [3.8, 4) is 11.8 Å². The van der Waals surface area contributed by atoms with Gasteiger partial charge in [0.15, 0.2) is 0 Å². The summed E-state index contributed by atoms with van der Waals surface area (Å²) in [5.74, 6) is 1.99. The Labute approximate surface area is 225 Å². The van der Waals surface area contributed by atoms with Crippen LogP contribution in [0, 0.1) is 23.2 Å². The molecule has 1 aromatic carbocycles. The molecule has 2 aromatic heterocycles. The number of aromatic nitrogens is 3. The Hall–Kier alpha value is -3.90. The number of nitrogens with zero attached hydrogens (tertiary/aromatic N) is 5. The summed E-state index contributed by atoms with van der Waals surface area (Å²) in [5, 5.41) is 17.5. The number of amides is 2. The third-order valence-corrected chi connectivity index (χ3v) is 8.29. The van der Waals surface area contributed by atoms with Crippen molar-refractivity contribution >= 4 is 29.2 Å². The van der Waals surface area contributed by atoms with Gasteiger partial charge in [-0.1, -0.05) is 11.6 Å². The van der Waals surface area contributed by atoms with Gasteiger partial charge in [0.05, 0.1) is 36.5 Å². The Bertz CT molecular complexity index is 1470. The summed E-state index contributed by atoms with van der Waals surface area (Å²) in [6.07, 6.45) is 7.48. The monoisotopic (exact) mass is 530 g/mol. The van der Waals surface area contributed by atoms with Gasteiger partial charge in [-0.25, -0.2) is 4.98 Å². The molecule has 2 amide bonds. The number of benzene rings is 1. The number of nitriles is 1. The normalized spacial score (nSPS) is 24.3. The zero-order valence-corrected chi connectivity index (χ0v) is 21.9. The lowest BCUT2D eigenvalue weighted by Gasteiger charge is -2.36. The number of ether oxygens (including phenoxy) is 1. The van der Waals surface area contributed by atoms with E-state index in [1.807, 2.05) is 13.0 Å². The molecule has 2 aliphatic carbocycles. The molecule has 1 aliphatic heterocycles. The fourth-order valence-electron chi connectivity index (χ4n) is 5.60. The van der Waals surface area contributed by atoms with Gasteiger partial charge in [0.1, 0.15) is 11.6 Å². The highest BCUT2D eigenvalue weighted by Gasteiger charge is 2.53. The van der Waals surface area contributed by atoms with Gasteiger partial charge in [-0.15, -0.1) is 0 Å². The number of carbonyl (C=O) groups is 2. The van der Waals surface area contributed by atoms with Gasteiger partial charge in [-0.2, -0.15) is 10.4 Å². The number of pyridine rings is 1. The Morgan fingerprint density at radius 1 is 1.26 bits per heavy atom. The molecule has 6 rings (SSSR count). The molecule has 0 spiro atoms. The average molecular weight is 531 g/mol. The zero-order valence-electron chi connectivity index (χ0n) is 21.1. The fraction of sp³-hybridized carbons (Fsp3) is 0.393. The molecule has 3 aliphatic rings. The summed E-state index contributed by atoms with van der Waals surface area (Å²) in [6, 6.07) is 9.11. The Balaban J connectivity index is 1.10. The molecule has 38 heavy (non-hydrogen) atoms. The van der Waals surface area contributed by atoms with E-state index in [1.54, 1.807) is 53.5 Å². The van der Waals surface area contributed by atoms with Crippen LogP contribution in [0.3, 0.4) is 0 Å². The highest BCUT2D eigenvalue weighted by molar-refractivity contribution is 6.30. The first-order valence-corrected chi connectivity index (χ1v) is 13.1. The van der Waals surface area contributed by atoms with E-state index in [1.165, 1.54) is 0 Å². The number of fused-ring (bicyclic) bond motifs is 1. The van der Waals surface area contributed by atoms with E-state index in [0.717, 1.165) is 30.4 Å². The summed E-state index contributed by atoms with van der Waals surface area (Å²) in [6.45, 7) is 2.67. The van der Waals surface area contributed by atoms with Gasteiger partial charge in [0.25, 0.3) is 5.91 Å². The van der Waals surface area contributed by atoms with Crippen molar-refractivity contribution in [2.45, 2.75) is 44.2 Å². The van der Waals surface area contributed by atoms with Crippen molar-refractivity contribution in [2.24, 2.45) is 11.8 Å². The van der Waals surface area contributed by atoms with E-state index >= 15 is 0 Å². The number of hydrogen-bond acceptors (Lipinski definition) is 6. The highest BCUT2D eigenvalue weighted by Crippen LogP contribution is 2.47. The maximum atomic E-state index is 12.9. The van der Waals surface area contributed by atoms with Gasteiger partial charge >= 0.3 is 0 Å². The second-order valence-electron chi connectivity index (χ2n) is 10.4. The predicted octanol–water partition coefficient (Wildman–Crippen LogP) is 4.08. The number of carbonyl (C=O) groups excluding carboxylic acids is 2. The molecule has 2 saturated carbocycles.